The van der Waals surface area contributed by atoms with Gasteiger partial charge in [-0.1, -0.05) is 35.5 Å². The van der Waals surface area contributed by atoms with Crippen LogP contribution in [0.1, 0.15) is 5.56 Å². The highest BCUT2D eigenvalue weighted by molar-refractivity contribution is 7.98. The summed E-state index contributed by atoms with van der Waals surface area (Å²) in [7, 11) is 0. The van der Waals surface area contributed by atoms with Crippen LogP contribution < -0.4 is 16.6 Å². The van der Waals surface area contributed by atoms with Crippen LogP contribution in [0.5, 0.6) is 0 Å². The van der Waals surface area contributed by atoms with E-state index in [4.69, 9.17) is 29.7 Å². The highest BCUT2D eigenvalue weighted by Crippen LogP contribution is 2.15. The van der Waals surface area contributed by atoms with Crippen LogP contribution in [0.15, 0.2) is 29.4 Å². The number of nitrogens with two attached hydrogens (primary N) is 1. The van der Waals surface area contributed by atoms with E-state index in [2.05, 4.69) is 20.8 Å². The Kier molecular flexibility index (Phi) is 5.18. The van der Waals surface area contributed by atoms with E-state index in [1.807, 2.05) is 30.5 Å². The number of hydrazine groups is 1. The van der Waals surface area contributed by atoms with Gasteiger partial charge in [0.1, 0.15) is 0 Å². The maximum absolute atomic E-state index is 5.85. The standard InChI is InChI=1S/C11H13ClN6S2/c1-20-10-15-9(18(17-10)11(19)16-13)14-6-7-2-4-8(12)5-3-7/h2-5H,6,13H2,1H3,(H,16,19)(H,14,15,17). The van der Waals surface area contributed by atoms with Gasteiger partial charge < -0.3 is 5.32 Å². The number of rotatable bonds is 4. The molecule has 20 heavy (non-hydrogen) atoms. The second-order valence-corrected chi connectivity index (χ2v) is 5.36. The zero-order valence-corrected chi connectivity index (χ0v) is 13.0. The van der Waals surface area contributed by atoms with Crippen molar-refractivity contribution in [2.45, 2.75) is 11.7 Å². The summed E-state index contributed by atoms with van der Waals surface area (Å²) in [4.78, 5) is 4.32. The summed E-state index contributed by atoms with van der Waals surface area (Å²) < 4.78 is 1.46. The lowest BCUT2D eigenvalue weighted by Crippen LogP contribution is -2.35. The normalized spacial score (nSPS) is 10.3. The molecular formula is C11H13ClN6S2. The molecule has 0 saturated carbocycles. The molecule has 4 N–H and O–H groups in total. The molecule has 0 aliphatic rings. The molecule has 0 aliphatic heterocycles. The first-order valence-corrected chi connectivity index (χ1v) is 7.65. The highest BCUT2D eigenvalue weighted by Gasteiger charge is 2.12. The van der Waals surface area contributed by atoms with E-state index in [-0.39, 0.29) is 5.11 Å². The monoisotopic (exact) mass is 328 g/mol. The molecule has 0 amide bonds. The molecule has 0 fully saturated rings. The Hall–Kier alpha value is -1.35. The van der Waals surface area contributed by atoms with Gasteiger partial charge in [0.2, 0.25) is 16.2 Å². The Balaban J connectivity index is 2.13. The number of nitrogens with one attached hydrogen (secondary N) is 2. The third kappa shape index (κ3) is 3.60. The summed E-state index contributed by atoms with van der Waals surface area (Å²) >= 11 is 12.4. The lowest BCUT2D eigenvalue weighted by molar-refractivity contribution is 0.838. The largest absolute Gasteiger partial charge is 0.350 e. The molecule has 1 heterocycles. The molecule has 106 valence electrons. The second kappa shape index (κ2) is 6.89. The number of hydrogen-bond acceptors (Lipinski definition) is 6. The van der Waals surface area contributed by atoms with Crippen molar-refractivity contribution >= 4 is 46.6 Å². The van der Waals surface area contributed by atoms with Gasteiger partial charge in [0.15, 0.2) is 0 Å². The van der Waals surface area contributed by atoms with Gasteiger partial charge in [-0.15, -0.1) is 5.10 Å². The second-order valence-electron chi connectivity index (χ2n) is 3.76. The lowest BCUT2D eigenvalue weighted by atomic mass is 10.2. The Labute approximate surface area is 131 Å². The van der Waals surface area contributed by atoms with Crippen LogP contribution in [-0.4, -0.2) is 26.1 Å². The number of thiocarbonyl (C=S) groups is 1. The van der Waals surface area contributed by atoms with Crippen molar-refractivity contribution in [3.8, 4) is 0 Å². The summed E-state index contributed by atoms with van der Waals surface area (Å²) in [5.74, 6) is 5.85. The third-order valence-corrected chi connectivity index (χ3v) is 3.53. The van der Waals surface area contributed by atoms with E-state index in [1.165, 1.54) is 16.4 Å². The van der Waals surface area contributed by atoms with Crippen LogP contribution in [0.25, 0.3) is 0 Å². The van der Waals surface area contributed by atoms with Gasteiger partial charge in [-0.2, -0.15) is 9.67 Å². The Morgan fingerprint density at radius 3 is 2.75 bits per heavy atom. The maximum Gasteiger partial charge on any atom is 0.229 e. The van der Waals surface area contributed by atoms with Crippen LogP contribution in [0.2, 0.25) is 5.02 Å². The summed E-state index contributed by atoms with van der Waals surface area (Å²) in [6, 6.07) is 7.54. The molecule has 2 rings (SSSR count). The zero-order valence-electron chi connectivity index (χ0n) is 10.6. The van der Waals surface area contributed by atoms with Gasteiger partial charge in [-0.3, -0.25) is 5.43 Å². The van der Waals surface area contributed by atoms with Gasteiger partial charge in [0, 0.05) is 11.6 Å². The van der Waals surface area contributed by atoms with Crippen molar-refractivity contribution in [1.29, 1.82) is 0 Å². The van der Waals surface area contributed by atoms with Crippen molar-refractivity contribution in [3.05, 3.63) is 34.9 Å². The molecular weight excluding hydrogens is 316 g/mol. The average molecular weight is 329 g/mol. The van der Waals surface area contributed by atoms with Crippen molar-refractivity contribution in [2.75, 3.05) is 11.6 Å². The van der Waals surface area contributed by atoms with E-state index < -0.39 is 0 Å². The maximum atomic E-state index is 5.85. The number of hydrogen-bond donors (Lipinski definition) is 3. The Morgan fingerprint density at radius 2 is 2.15 bits per heavy atom. The predicted molar refractivity (Wildman–Crippen MR) is 85.9 cm³/mol. The molecule has 0 spiro atoms. The first-order chi connectivity index (χ1) is 9.63. The first-order valence-electron chi connectivity index (χ1n) is 5.64. The molecule has 1 aromatic heterocycles. The Morgan fingerprint density at radius 1 is 1.45 bits per heavy atom. The van der Waals surface area contributed by atoms with E-state index in [9.17, 15) is 0 Å². The quantitative estimate of drug-likeness (QED) is 0.342. The van der Waals surface area contributed by atoms with E-state index >= 15 is 0 Å². The molecule has 1 aromatic carbocycles. The van der Waals surface area contributed by atoms with Gasteiger partial charge in [-0.05, 0) is 36.2 Å². The van der Waals surface area contributed by atoms with Gasteiger partial charge >= 0.3 is 0 Å². The summed E-state index contributed by atoms with van der Waals surface area (Å²) in [5.41, 5.74) is 3.46. The van der Waals surface area contributed by atoms with E-state index in [0.29, 0.717) is 22.7 Å². The topological polar surface area (TPSA) is 80.8 Å². The first kappa shape index (κ1) is 15.0. The Bertz CT molecular complexity index is 597. The average Bonchev–Trinajstić information content (AvgIpc) is 2.89. The minimum atomic E-state index is 0.274. The third-order valence-electron chi connectivity index (χ3n) is 2.45. The van der Waals surface area contributed by atoms with E-state index in [0.717, 1.165) is 5.56 Å². The summed E-state index contributed by atoms with van der Waals surface area (Å²) in [6.45, 7) is 0.580. The molecule has 0 bridgehead atoms. The molecule has 0 saturated heterocycles. The zero-order chi connectivity index (χ0) is 14.5. The summed E-state index contributed by atoms with van der Waals surface area (Å²) in [6.07, 6.45) is 1.89. The molecule has 2 aromatic rings. The predicted octanol–water partition coefficient (Wildman–Crippen LogP) is 1.86. The van der Waals surface area contributed by atoms with Crippen LogP contribution in [0, 0.1) is 0 Å². The smallest absolute Gasteiger partial charge is 0.229 e. The van der Waals surface area contributed by atoms with Crippen molar-refractivity contribution in [3.63, 3.8) is 0 Å². The van der Waals surface area contributed by atoms with Crippen molar-refractivity contribution in [2.24, 2.45) is 5.84 Å². The van der Waals surface area contributed by atoms with Crippen LogP contribution in [0.4, 0.5) is 5.95 Å². The SMILES string of the molecule is CSc1nc(NCc2ccc(Cl)cc2)n(C(=S)NN)n1. The van der Waals surface area contributed by atoms with E-state index in [1.54, 1.807) is 0 Å². The highest BCUT2D eigenvalue weighted by atomic mass is 35.5. The van der Waals surface area contributed by atoms with Crippen LogP contribution in [0.3, 0.4) is 0 Å². The van der Waals surface area contributed by atoms with Crippen molar-refractivity contribution in [1.82, 2.24) is 20.2 Å². The molecule has 0 atom stereocenters. The lowest BCUT2D eigenvalue weighted by Gasteiger charge is -2.08. The number of aromatic nitrogens is 3. The number of halogens is 1. The number of benzene rings is 1. The minimum Gasteiger partial charge on any atom is -0.350 e. The van der Waals surface area contributed by atoms with Crippen LogP contribution >= 0.6 is 35.6 Å². The fourth-order valence-corrected chi connectivity index (χ4v) is 2.07. The number of nitrogens with zero attached hydrogens (tertiary/aromatic N) is 3. The van der Waals surface area contributed by atoms with Gasteiger partial charge in [0.25, 0.3) is 0 Å². The molecule has 9 heteroatoms. The van der Waals surface area contributed by atoms with Crippen LogP contribution in [-0.2, 0) is 6.54 Å². The molecule has 0 radical (unpaired) electrons. The fourth-order valence-electron chi connectivity index (χ4n) is 1.48. The molecule has 6 nitrogen and oxygen atoms in total. The summed E-state index contributed by atoms with van der Waals surface area (Å²) in [5, 5.41) is 8.99. The number of anilines is 1. The van der Waals surface area contributed by atoms with Crippen molar-refractivity contribution < 1.29 is 0 Å². The molecule has 0 unspecified atom stereocenters. The van der Waals surface area contributed by atoms with Gasteiger partial charge in [0.05, 0.1) is 0 Å². The minimum absolute atomic E-state index is 0.274. The molecule has 0 aliphatic carbocycles. The van der Waals surface area contributed by atoms with Gasteiger partial charge in [-0.25, -0.2) is 5.84 Å². The fraction of sp³-hybridized carbons (Fsp3) is 0.182. The number of thioether (sulfide) groups is 1.